The van der Waals surface area contributed by atoms with Crippen LogP contribution in [-0.4, -0.2) is 42.2 Å². The second-order valence-electron chi connectivity index (χ2n) is 7.96. The number of fused-ring (bicyclic) bond motifs is 2. The number of furan rings is 1. The third-order valence-corrected chi connectivity index (χ3v) is 6.03. The zero-order valence-corrected chi connectivity index (χ0v) is 17.3. The van der Waals surface area contributed by atoms with Crippen molar-refractivity contribution >= 4 is 21.7 Å². The van der Waals surface area contributed by atoms with Gasteiger partial charge in [-0.2, -0.15) is 0 Å². The molecule has 1 aliphatic rings. The molecule has 1 saturated heterocycles. The van der Waals surface area contributed by atoms with Crippen molar-refractivity contribution in [2.75, 3.05) is 20.2 Å². The lowest BCUT2D eigenvalue weighted by Crippen LogP contribution is -2.46. The van der Waals surface area contributed by atoms with E-state index in [1.807, 2.05) is 30.6 Å². The Labute approximate surface area is 179 Å². The number of pyridine rings is 1. The third-order valence-electron chi connectivity index (χ3n) is 6.03. The van der Waals surface area contributed by atoms with Crippen molar-refractivity contribution < 1.29 is 9.15 Å². The Morgan fingerprint density at radius 3 is 2.94 bits per heavy atom. The second kappa shape index (κ2) is 8.40. The van der Waals surface area contributed by atoms with E-state index in [1.54, 1.807) is 7.11 Å². The maximum atomic E-state index is 8.78. The third kappa shape index (κ3) is 3.86. The number of ether oxygens (including phenoxy) is 1. The lowest BCUT2D eigenvalue weighted by Gasteiger charge is -2.35. The summed E-state index contributed by atoms with van der Waals surface area (Å²) in [6.45, 7) is 2.42. The molecule has 156 valence electrons. The summed E-state index contributed by atoms with van der Waals surface area (Å²) >= 11 is 0. The van der Waals surface area contributed by atoms with Gasteiger partial charge in [0.1, 0.15) is 11.3 Å². The molecule has 7 nitrogen and oxygen atoms in total. The topological polar surface area (TPSA) is 87.3 Å². The molecule has 3 heterocycles. The molecule has 2 aromatic carbocycles. The van der Waals surface area contributed by atoms with E-state index in [2.05, 4.69) is 50.2 Å². The molecule has 1 unspecified atom stereocenters. The van der Waals surface area contributed by atoms with Crippen LogP contribution in [0.15, 0.2) is 70.5 Å². The minimum Gasteiger partial charge on any atom is -0.456 e. The molecule has 4 aromatic rings. The number of rotatable bonds is 5. The van der Waals surface area contributed by atoms with Crippen LogP contribution >= 0.6 is 0 Å². The van der Waals surface area contributed by atoms with Crippen LogP contribution in [0.2, 0.25) is 0 Å². The lowest BCUT2D eigenvalue weighted by molar-refractivity contribution is 0.0142. The Balaban J connectivity index is 1.45. The van der Waals surface area contributed by atoms with Crippen molar-refractivity contribution in [2.45, 2.75) is 25.1 Å². The minimum absolute atomic E-state index is 0.0829. The number of hydrogen-bond donors (Lipinski definition) is 0. The van der Waals surface area contributed by atoms with Gasteiger partial charge in [-0.3, -0.25) is 9.88 Å². The second-order valence-corrected chi connectivity index (χ2v) is 7.96. The monoisotopic (exact) mass is 413 g/mol. The van der Waals surface area contributed by atoms with E-state index < -0.39 is 0 Å². The van der Waals surface area contributed by atoms with Gasteiger partial charge in [0.05, 0.1) is 12.1 Å². The van der Waals surface area contributed by atoms with E-state index in [0.717, 1.165) is 59.1 Å². The number of azide groups is 1. The quantitative estimate of drug-likeness (QED) is 0.244. The maximum Gasteiger partial charge on any atom is 0.137 e. The largest absolute Gasteiger partial charge is 0.456 e. The number of aromatic nitrogens is 1. The summed E-state index contributed by atoms with van der Waals surface area (Å²) in [5, 5.41) is 7.18. The van der Waals surface area contributed by atoms with Gasteiger partial charge in [0.2, 0.25) is 0 Å². The molecule has 2 atom stereocenters. The Hall–Kier alpha value is -3.38. The number of benzene rings is 2. The summed E-state index contributed by atoms with van der Waals surface area (Å²) in [6, 6.07) is 16.5. The molecule has 0 bridgehead atoms. The summed E-state index contributed by atoms with van der Waals surface area (Å²) in [5.41, 5.74) is 11.9. The molecule has 7 heteroatoms. The van der Waals surface area contributed by atoms with E-state index in [9.17, 15) is 0 Å². The van der Waals surface area contributed by atoms with Gasteiger partial charge in [-0.05, 0) is 47.6 Å². The standard InChI is InChI=1S/C24H23N5O2/c1-30-24-15-29(9-8-21(24)27-28-25)14-16-6-7-18-12-26-13-20(19(18)10-16)23-11-17-4-2-3-5-22(17)31-23/h2-7,10-13,21,24H,8-9,14-15H2,1H3/t21?,24-/m0/s1. The highest BCUT2D eigenvalue weighted by molar-refractivity contribution is 5.97. The number of likely N-dealkylation sites (tertiary alicyclic amines) is 1. The molecule has 0 N–H and O–H groups in total. The van der Waals surface area contributed by atoms with E-state index in [1.165, 1.54) is 5.56 Å². The Morgan fingerprint density at radius 1 is 1.19 bits per heavy atom. The van der Waals surface area contributed by atoms with Crippen LogP contribution in [0.4, 0.5) is 0 Å². The van der Waals surface area contributed by atoms with Gasteiger partial charge in [0.25, 0.3) is 0 Å². The predicted molar refractivity (Wildman–Crippen MR) is 121 cm³/mol. The van der Waals surface area contributed by atoms with Crippen molar-refractivity contribution in [3.8, 4) is 11.3 Å². The highest BCUT2D eigenvalue weighted by atomic mass is 16.5. The molecule has 31 heavy (non-hydrogen) atoms. The molecular formula is C24H23N5O2. The number of hydrogen-bond acceptors (Lipinski definition) is 5. The molecule has 5 rings (SSSR count). The normalized spacial score (nSPS) is 19.5. The zero-order chi connectivity index (χ0) is 21.2. The summed E-state index contributed by atoms with van der Waals surface area (Å²) in [7, 11) is 1.68. The maximum absolute atomic E-state index is 8.78. The van der Waals surface area contributed by atoms with Crippen LogP contribution in [0.5, 0.6) is 0 Å². The molecular weight excluding hydrogens is 390 g/mol. The first-order valence-electron chi connectivity index (χ1n) is 10.4. The zero-order valence-electron chi connectivity index (χ0n) is 17.3. The number of piperidine rings is 1. The van der Waals surface area contributed by atoms with Gasteiger partial charge in [-0.15, -0.1) is 0 Å². The van der Waals surface area contributed by atoms with Gasteiger partial charge in [-0.1, -0.05) is 35.4 Å². The van der Waals surface area contributed by atoms with Crippen LogP contribution in [0.25, 0.3) is 43.5 Å². The van der Waals surface area contributed by atoms with Crippen LogP contribution in [0.1, 0.15) is 12.0 Å². The average Bonchev–Trinajstić information content (AvgIpc) is 3.24. The Kier molecular flexibility index (Phi) is 5.30. The molecule has 1 aliphatic heterocycles. The van der Waals surface area contributed by atoms with Crippen LogP contribution < -0.4 is 0 Å². The van der Waals surface area contributed by atoms with Gasteiger partial charge in [0, 0.05) is 53.8 Å². The van der Waals surface area contributed by atoms with Gasteiger partial charge in [0.15, 0.2) is 0 Å². The molecule has 1 fully saturated rings. The highest BCUT2D eigenvalue weighted by Gasteiger charge is 2.28. The highest BCUT2D eigenvalue weighted by Crippen LogP contribution is 2.33. The first kappa shape index (κ1) is 19.6. The molecule has 0 amide bonds. The van der Waals surface area contributed by atoms with Crippen LogP contribution in [-0.2, 0) is 11.3 Å². The van der Waals surface area contributed by atoms with Crippen molar-refractivity contribution in [3.05, 3.63) is 76.9 Å². The van der Waals surface area contributed by atoms with Crippen LogP contribution in [0.3, 0.4) is 0 Å². The first-order valence-corrected chi connectivity index (χ1v) is 10.4. The fourth-order valence-corrected chi connectivity index (χ4v) is 4.42. The summed E-state index contributed by atoms with van der Waals surface area (Å²) in [5.74, 6) is 0.825. The smallest absolute Gasteiger partial charge is 0.137 e. The summed E-state index contributed by atoms with van der Waals surface area (Å²) in [4.78, 5) is 9.74. The fraction of sp³-hybridized carbons (Fsp3) is 0.292. The van der Waals surface area contributed by atoms with Crippen molar-refractivity contribution in [3.63, 3.8) is 0 Å². The summed E-state index contributed by atoms with van der Waals surface area (Å²) in [6.07, 6.45) is 4.47. The molecule has 2 aromatic heterocycles. The van der Waals surface area contributed by atoms with Crippen molar-refractivity contribution in [1.82, 2.24) is 9.88 Å². The Morgan fingerprint density at radius 2 is 2.10 bits per heavy atom. The van der Waals surface area contributed by atoms with Gasteiger partial charge < -0.3 is 9.15 Å². The fourth-order valence-electron chi connectivity index (χ4n) is 4.42. The molecule has 0 spiro atoms. The van der Waals surface area contributed by atoms with E-state index in [0.29, 0.717) is 0 Å². The van der Waals surface area contributed by atoms with Crippen LogP contribution in [0, 0.1) is 0 Å². The number of para-hydroxylation sites is 1. The van der Waals surface area contributed by atoms with E-state index in [-0.39, 0.29) is 12.1 Å². The summed E-state index contributed by atoms with van der Waals surface area (Å²) < 4.78 is 11.7. The predicted octanol–water partition coefficient (Wildman–Crippen LogP) is 5.55. The van der Waals surface area contributed by atoms with E-state index >= 15 is 0 Å². The van der Waals surface area contributed by atoms with E-state index in [4.69, 9.17) is 14.7 Å². The number of methoxy groups -OCH3 is 1. The average molecular weight is 413 g/mol. The molecule has 0 radical (unpaired) electrons. The molecule has 0 saturated carbocycles. The molecule has 0 aliphatic carbocycles. The van der Waals surface area contributed by atoms with Gasteiger partial charge >= 0.3 is 0 Å². The van der Waals surface area contributed by atoms with Crippen molar-refractivity contribution in [2.24, 2.45) is 5.11 Å². The minimum atomic E-state index is -0.103. The lowest BCUT2D eigenvalue weighted by atomic mass is 10.00. The van der Waals surface area contributed by atoms with Crippen molar-refractivity contribution in [1.29, 1.82) is 0 Å². The van der Waals surface area contributed by atoms with Gasteiger partial charge in [-0.25, -0.2) is 0 Å². The first-order chi connectivity index (χ1) is 15.2. The Bertz CT molecular complexity index is 1240. The number of nitrogens with zero attached hydrogens (tertiary/aromatic N) is 5. The SMILES string of the molecule is CO[C@H]1CN(Cc2ccc3cncc(-c4cc5ccccc5o4)c3c2)CCC1N=[N+]=[N-].